The highest BCUT2D eigenvalue weighted by Crippen LogP contribution is 2.38. The Labute approximate surface area is 151 Å². The molecule has 128 valence electrons. The summed E-state index contributed by atoms with van der Waals surface area (Å²) in [6.07, 6.45) is 2.88. The normalized spacial score (nSPS) is 16.1. The Hall–Kier alpha value is -2.73. The van der Waals surface area contributed by atoms with E-state index in [1.807, 2.05) is 36.4 Å². The van der Waals surface area contributed by atoms with Gasteiger partial charge < -0.3 is 24.8 Å². The first-order chi connectivity index (χ1) is 12.2. The second kappa shape index (κ2) is 6.64. The summed E-state index contributed by atoms with van der Waals surface area (Å²) in [4.78, 5) is 0.626. The number of rotatable bonds is 3. The summed E-state index contributed by atoms with van der Waals surface area (Å²) in [5, 5.41) is 6.64. The number of thiocarbonyl (C=S) groups is 1. The molecule has 2 heterocycles. The first kappa shape index (κ1) is 15.8. The molecule has 2 N–H and O–H groups in total. The molecular formula is C19H18N2O3S. The smallest absolute Gasteiger partial charge is 0.231 e. The maximum absolute atomic E-state index is 5.50. The fraction of sp³-hybridized carbons (Fsp3) is 0.211. The van der Waals surface area contributed by atoms with E-state index in [-0.39, 0.29) is 6.79 Å². The summed E-state index contributed by atoms with van der Waals surface area (Å²) in [6.45, 7) is 1.14. The molecule has 2 aliphatic heterocycles. The van der Waals surface area contributed by atoms with E-state index in [0.29, 0.717) is 4.99 Å². The fourth-order valence-electron chi connectivity index (χ4n) is 3.01. The molecule has 0 atom stereocenters. The average molecular weight is 354 g/mol. The van der Waals surface area contributed by atoms with Gasteiger partial charge in [-0.1, -0.05) is 18.3 Å². The largest absolute Gasteiger partial charge is 0.497 e. The number of anilines is 1. The predicted molar refractivity (Wildman–Crippen MR) is 101 cm³/mol. The summed E-state index contributed by atoms with van der Waals surface area (Å²) in [5.41, 5.74) is 4.21. The van der Waals surface area contributed by atoms with Gasteiger partial charge >= 0.3 is 0 Å². The van der Waals surface area contributed by atoms with Gasteiger partial charge in [0.05, 0.1) is 7.11 Å². The average Bonchev–Trinajstić information content (AvgIpc) is 3.07. The van der Waals surface area contributed by atoms with Crippen molar-refractivity contribution in [2.75, 3.05) is 25.8 Å². The molecule has 0 fully saturated rings. The highest BCUT2D eigenvalue weighted by molar-refractivity contribution is 7.81. The van der Waals surface area contributed by atoms with Gasteiger partial charge in [-0.05, 0) is 42.3 Å². The Balaban J connectivity index is 1.59. The minimum Gasteiger partial charge on any atom is -0.497 e. The van der Waals surface area contributed by atoms with E-state index in [2.05, 4.69) is 16.7 Å². The third-order valence-electron chi connectivity index (χ3n) is 4.21. The van der Waals surface area contributed by atoms with Crippen molar-refractivity contribution in [3.05, 3.63) is 53.6 Å². The molecule has 25 heavy (non-hydrogen) atoms. The molecular weight excluding hydrogens is 336 g/mol. The second-order valence-corrected chi connectivity index (χ2v) is 6.26. The molecule has 0 amide bonds. The molecule has 5 nitrogen and oxygen atoms in total. The van der Waals surface area contributed by atoms with E-state index in [9.17, 15) is 0 Å². The highest BCUT2D eigenvalue weighted by atomic mass is 32.1. The van der Waals surface area contributed by atoms with Gasteiger partial charge in [0.1, 0.15) is 10.7 Å². The van der Waals surface area contributed by atoms with Gasteiger partial charge in [0, 0.05) is 29.6 Å². The van der Waals surface area contributed by atoms with Crippen LogP contribution in [0.5, 0.6) is 17.2 Å². The lowest BCUT2D eigenvalue weighted by Gasteiger charge is -2.22. The predicted octanol–water partition coefficient (Wildman–Crippen LogP) is 3.35. The molecule has 0 saturated carbocycles. The number of nitrogens with one attached hydrogen (secondary N) is 2. The summed E-state index contributed by atoms with van der Waals surface area (Å²) >= 11 is 5.50. The van der Waals surface area contributed by atoms with Crippen LogP contribution in [0.3, 0.4) is 0 Å². The minimum absolute atomic E-state index is 0.278. The molecule has 0 aliphatic carbocycles. The zero-order valence-electron chi connectivity index (χ0n) is 13.8. The van der Waals surface area contributed by atoms with Gasteiger partial charge in [-0.3, -0.25) is 0 Å². The fourth-order valence-corrected chi connectivity index (χ4v) is 3.24. The Morgan fingerprint density at radius 2 is 2.08 bits per heavy atom. The van der Waals surface area contributed by atoms with Crippen LogP contribution < -0.4 is 24.8 Å². The third-order valence-corrected chi connectivity index (χ3v) is 4.43. The first-order valence-corrected chi connectivity index (χ1v) is 8.47. The Kier molecular flexibility index (Phi) is 4.19. The molecule has 2 aromatic rings. The number of ether oxygens (including phenoxy) is 3. The molecule has 2 aromatic carbocycles. The van der Waals surface area contributed by atoms with E-state index in [1.54, 1.807) is 7.11 Å². The summed E-state index contributed by atoms with van der Waals surface area (Å²) in [7, 11) is 1.65. The lowest BCUT2D eigenvalue weighted by atomic mass is 9.97. The van der Waals surface area contributed by atoms with Crippen molar-refractivity contribution < 1.29 is 14.2 Å². The quantitative estimate of drug-likeness (QED) is 0.651. The Morgan fingerprint density at radius 1 is 1.24 bits per heavy atom. The van der Waals surface area contributed by atoms with Crippen molar-refractivity contribution in [1.82, 2.24) is 5.32 Å². The maximum Gasteiger partial charge on any atom is 0.231 e. The van der Waals surface area contributed by atoms with Crippen LogP contribution in [-0.4, -0.2) is 25.4 Å². The van der Waals surface area contributed by atoms with E-state index in [0.717, 1.165) is 47.2 Å². The van der Waals surface area contributed by atoms with Gasteiger partial charge in [-0.2, -0.15) is 0 Å². The lowest BCUT2D eigenvalue weighted by molar-refractivity contribution is 0.174. The van der Waals surface area contributed by atoms with E-state index in [1.165, 1.54) is 5.56 Å². The summed E-state index contributed by atoms with van der Waals surface area (Å²) in [5.74, 6) is 2.38. The molecule has 0 spiro atoms. The zero-order valence-corrected chi connectivity index (χ0v) is 14.6. The number of hydrogen-bond acceptors (Lipinski definition) is 5. The monoisotopic (exact) mass is 354 g/mol. The van der Waals surface area contributed by atoms with Gasteiger partial charge in [-0.25, -0.2) is 0 Å². The third kappa shape index (κ3) is 3.25. The van der Waals surface area contributed by atoms with E-state index in [4.69, 9.17) is 26.4 Å². The number of hydrogen-bond donors (Lipinski definition) is 2. The van der Waals surface area contributed by atoms with Crippen molar-refractivity contribution in [3.63, 3.8) is 0 Å². The molecule has 4 rings (SSSR count). The maximum atomic E-state index is 5.50. The molecule has 0 aromatic heterocycles. The van der Waals surface area contributed by atoms with Crippen molar-refractivity contribution in [2.24, 2.45) is 0 Å². The van der Waals surface area contributed by atoms with Crippen LogP contribution in [0.4, 0.5) is 5.69 Å². The summed E-state index contributed by atoms with van der Waals surface area (Å²) < 4.78 is 16.2. The van der Waals surface area contributed by atoms with Gasteiger partial charge in [0.2, 0.25) is 6.79 Å². The van der Waals surface area contributed by atoms with Crippen LogP contribution in [0.2, 0.25) is 0 Å². The summed E-state index contributed by atoms with van der Waals surface area (Å²) in [6, 6.07) is 11.8. The van der Waals surface area contributed by atoms with Crippen molar-refractivity contribution in [1.29, 1.82) is 0 Å². The van der Waals surface area contributed by atoms with Gasteiger partial charge in [0.25, 0.3) is 0 Å². The molecule has 2 aliphatic rings. The SMILES string of the molecule is COc1cccc(NC(=S)C=C2NCCc3cc4c(cc32)OCO4)c1. The van der Waals surface area contributed by atoms with E-state index < -0.39 is 0 Å². The number of benzene rings is 2. The molecule has 0 bridgehead atoms. The van der Waals surface area contributed by atoms with Gasteiger partial charge in [0.15, 0.2) is 11.5 Å². The van der Waals surface area contributed by atoms with E-state index >= 15 is 0 Å². The van der Waals surface area contributed by atoms with Crippen LogP contribution in [0, 0.1) is 0 Å². The Morgan fingerprint density at radius 3 is 2.92 bits per heavy atom. The topological polar surface area (TPSA) is 51.8 Å². The van der Waals surface area contributed by atoms with Crippen LogP contribution in [0.25, 0.3) is 5.70 Å². The number of fused-ring (bicyclic) bond motifs is 2. The van der Waals surface area contributed by atoms with Crippen LogP contribution in [0.15, 0.2) is 42.5 Å². The molecule has 0 unspecified atom stereocenters. The van der Waals surface area contributed by atoms with Gasteiger partial charge in [-0.15, -0.1) is 0 Å². The van der Waals surface area contributed by atoms with Crippen LogP contribution in [-0.2, 0) is 6.42 Å². The van der Waals surface area contributed by atoms with Crippen molar-refractivity contribution >= 4 is 28.6 Å². The second-order valence-electron chi connectivity index (χ2n) is 5.82. The molecule has 6 heteroatoms. The van der Waals surface area contributed by atoms with Crippen molar-refractivity contribution in [3.8, 4) is 17.2 Å². The minimum atomic E-state index is 0.278. The standard InChI is InChI=1S/C19H18N2O3S/c1-22-14-4-2-3-13(8-14)21-19(25)10-16-15-9-18-17(23-11-24-18)7-12(15)5-6-20-16/h2-4,7-10,20H,5-6,11H2,1H3,(H,21,25). The number of methoxy groups -OCH3 is 1. The highest BCUT2D eigenvalue weighted by Gasteiger charge is 2.21. The first-order valence-electron chi connectivity index (χ1n) is 8.06. The zero-order chi connectivity index (χ0) is 17.2. The molecule has 0 saturated heterocycles. The van der Waals surface area contributed by atoms with Crippen LogP contribution in [0.1, 0.15) is 11.1 Å². The Bertz CT molecular complexity index is 864. The van der Waals surface area contributed by atoms with Crippen LogP contribution >= 0.6 is 12.2 Å². The lowest BCUT2D eigenvalue weighted by Crippen LogP contribution is -2.24. The molecule has 0 radical (unpaired) electrons. The van der Waals surface area contributed by atoms with Crippen molar-refractivity contribution in [2.45, 2.75) is 6.42 Å².